The van der Waals surface area contributed by atoms with E-state index < -0.39 is 0 Å². The Kier molecular flexibility index (Phi) is 5.25. The number of furan rings is 1. The highest BCUT2D eigenvalue weighted by molar-refractivity contribution is 7.71. The molecule has 3 rings (SSSR count). The first-order valence-electron chi connectivity index (χ1n) is 7.84. The zero-order chi connectivity index (χ0) is 17.6. The van der Waals surface area contributed by atoms with E-state index in [2.05, 4.69) is 15.3 Å². The average Bonchev–Trinajstić information content (AvgIpc) is 3.23. The van der Waals surface area contributed by atoms with Crippen LogP contribution in [0, 0.1) is 4.77 Å². The minimum atomic E-state index is 0.416. The molecule has 0 atom stereocenters. The molecule has 0 spiro atoms. The number of ether oxygens (including phenoxy) is 1. The molecule has 2 aromatic heterocycles. The fourth-order valence-electron chi connectivity index (χ4n) is 2.26. The van der Waals surface area contributed by atoms with Crippen LogP contribution in [0.1, 0.15) is 19.6 Å². The van der Waals surface area contributed by atoms with Gasteiger partial charge in [-0.3, -0.25) is 0 Å². The molecule has 25 heavy (non-hydrogen) atoms. The van der Waals surface area contributed by atoms with Gasteiger partial charge in [-0.1, -0.05) is 12.1 Å². The molecule has 2 heterocycles. The third kappa shape index (κ3) is 4.13. The van der Waals surface area contributed by atoms with Gasteiger partial charge in [-0.05, 0) is 62.0 Å². The van der Waals surface area contributed by atoms with Gasteiger partial charge in [-0.15, -0.1) is 0 Å². The van der Waals surface area contributed by atoms with Crippen molar-refractivity contribution in [2.45, 2.75) is 13.8 Å². The van der Waals surface area contributed by atoms with E-state index >= 15 is 0 Å². The number of nitrogens with one attached hydrogen (secondary N) is 1. The lowest BCUT2D eigenvalue weighted by Gasteiger charge is -2.05. The van der Waals surface area contributed by atoms with Crippen molar-refractivity contribution < 1.29 is 9.15 Å². The van der Waals surface area contributed by atoms with Gasteiger partial charge in [0.25, 0.3) is 0 Å². The lowest BCUT2D eigenvalue weighted by molar-refractivity contribution is 0.340. The average molecular weight is 354 g/mol. The number of hydrogen-bond donors (Lipinski definition) is 1. The highest BCUT2D eigenvalue weighted by atomic mass is 32.1. The van der Waals surface area contributed by atoms with Gasteiger partial charge < -0.3 is 9.15 Å². The maximum atomic E-state index is 5.54. The van der Waals surface area contributed by atoms with Crippen molar-refractivity contribution in [1.29, 1.82) is 0 Å². The zero-order valence-electron chi connectivity index (χ0n) is 14.0. The summed E-state index contributed by atoms with van der Waals surface area (Å²) in [4.78, 5) is 0. The first-order valence-corrected chi connectivity index (χ1v) is 8.25. The molecule has 0 fully saturated rings. The molecule has 0 bridgehead atoms. The zero-order valence-corrected chi connectivity index (χ0v) is 14.8. The molecule has 0 aliphatic carbocycles. The molecule has 1 aromatic carbocycles. The standard InChI is InChI=1S/C18H18N4O2S/c1-3-23-16-7-4-6-14(11-16)17-20-21-18(25)22(17)19-12-13(2)10-15-8-5-9-24-15/h4-12H,3H2,1-2H3,(H,21,25)/b13-10+,19-12+. The van der Waals surface area contributed by atoms with Gasteiger partial charge >= 0.3 is 0 Å². The van der Waals surface area contributed by atoms with E-state index in [0.717, 1.165) is 22.6 Å². The van der Waals surface area contributed by atoms with Crippen molar-refractivity contribution in [3.05, 3.63) is 58.8 Å². The van der Waals surface area contributed by atoms with Gasteiger partial charge in [0.1, 0.15) is 11.5 Å². The molecule has 0 saturated carbocycles. The Labute approximate surface area is 150 Å². The van der Waals surface area contributed by atoms with Crippen LogP contribution in [0.4, 0.5) is 0 Å². The summed E-state index contributed by atoms with van der Waals surface area (Å²) in [5.74, 6) is 2.16. The van der Waals surface area contributed by atoms with Crippen LogP contribution in [0.5, 0.6) is 5.75 Å². The third-order valence-electron chi connectivity index (χ3n) is 3.34. The Morgan fingerprint density at radius 2 is 2.28 bits per heavy atom. The maximum absolute atomic E-state index is 5.54. The van der Waals surface area contributed by atoms with Crippen LogP contribution in [-0.4, -0.2) is 27.7 Å². The molecule has 7 heteroatoms. The molecule has 0 aliphatic heterocycles. The molecule has 1 N–H and O–H groups in total. The number of aromatic nitrogens is 3. The molecular formula is C18H18N4O2S. The minimum absolute atomic E-state index is 0.416. The SMILES string of the molecule is CCOc1cccc(-c2n[nH]c(=S)n2/N=C/C(C)=C/c2ccco2)c1. The van der Waals surface area contributed by atoms with Crippen LogP contribution in [0.3, 0.4) is 0 Å². The molecule has 0 saturated heterocycles. The summed E-state index contributed by atoms with van der Waals surface area (Å²) < 4.78 is 12.8. The predicted molar refractivity (Wildman–Crippen MR) is 100 cm³/mol. The van der Waals surface area contributed by atoms with Crippen LogP contribution in [-0.2, 0) is 0 Å². The summed E-state index contributed by atoms with van der Waals surface area (Å²) in [6.07, 6.45) is 5.23. The van der Waals surface area contributed by atoms with Gasteiger partial charge in [-0.2, -0.15) is 14.9 Å². The summed E-state index contributed by atoms with van der Waals surface area (Å²) in [7, 11) is 0. The van der Waals surface area contributed by atoms with E-state index in [-0.39, 0.29) is 0 Å². The van der Waals surface area contributed by atoms with Crippen molar-refractivity contribution in [2.24, 2.45) is 5.10 Å². The van der Waals surface area contributed by atoms with Crippen molar-refractivity contribution in [2.75, 3.05) is 6.61 Å². The van der Waals surface area contributed by atoms with Crippen molar-refractivity contribution in [1.82, 2.24) is 14.9 Å². The second-order valence-corrected chi connectivity index (χ2v) is 5.66. The van der Waals surface area contributed by atoms with E-state index in [0.29, 0.717) is 17.2 Å². The van der Waals surface area contributed by atoms with Gasteiger partial charge in [0.05, 0.1) is 19.1 Å². The van der Waals surface area contributed by atoms with Gasteiger partial charge in [-0.25, -0.2) is 5.10 Å². The lowest BCUT2D eigenvalue weighted by atomic mass is 10.2. The first-order chi connectivity index (χ1) is 12.2. The normalized spacial score (nSPS) is 12.0. The fourth-order valence-corrected chi connectivity index (χ4v) is 2.44. The molecule has 0 amide bonds. The summed E-state index contributed by atoms with van der Waals surface area (Å²) >= 11 is 5.29. The van der Waals surface area contributed by atoms with Crippen LogP contribution in [0.25, 0.3) is 17.5 Å². The summed E-state index contributed by atoms with van der Waals surface area (Å²) in [5, 5.41) is 11.5. The Bertz CT molecular complexity index is 952. The van der Waals surface area contributed by atoms with Crippen molar-refractivity contribution in [3.63, 3.8) is 0 Å². The first kappa shape index (κ1) is 16.9. The van der Waals surface area contributed by atoms with Crippen LogP contribution in [0.15, 0.2) is 57.8 Å². The second-order valence-electron chi connectivity index (χ2n) is 5.27. The second kappa shape index (κ2) is 7.76. The summed E-state index contributed by atoms with van der Waals surface area (Å²) in [6.45, 7) is 4.48. The van der Waals surface area contributed by atoms with E-state index in [1.165, 1.54) is 0 Å². The molecular weight excluding hydrogens is 336 g/mol. The highest BCUT2D eigenvalue weighted by Gasteiger charge is 2.09. The van der Waals surface area contributed by atoms with Crippen molar-refractivity contribution in [3.8, 4) is 17.1 Å². The Balaban J connectivity index is 1.91. The van der Waals surface area contributed by atoms with E-state index in [1.54, 1.807) is 17.2 Å². The number of hydrogen-bond acceptors (Lipinski definition) is 5. The molecule has 6 nitrogen and oxygen atoms in total. The Morgan fingerprint density at radius 3 is 3.04 bits per heavy atom. The largest absolute Gasteiger partial charge is 0.494 e. The number of H-pyrrole nitrogens is 1. The number of aromatic amines is 1. The molecule has 128 valence electrons. The molecule has 0 aliphatic rings. The van der Waals surface area contributed by atoms with E-state index in [1.807, 2.05) is 56.3 Å². The number of benzene rings is 1. The predicted octanol–water partition coefficient (Wildman–Crippen LogP) is 4.54. The molecule has 3 aromatic rings. The summed E-state index contributed by atoms with van der Waals surface area (Å²) in [5.41, 5.74) is 1.79. The van der Waals surface area contributed by atoms with Crippen LogP contribution >= 0.6 is 12.2 Å². The van der Waals surface area contributed by atoms with Gasteiger partial charge in [0.2, 0.25) is 4.77 Å². The topological polar surface area (TPSA) is 68.3 Å². The number of nitrogens with zero attached hydrogens (tertiary/aromatic N) is 3. The van der Waals surface area contributed by atoms with Crippen molar-refractivity contribution >= 4 is 24.5 Å². The highest BCUT2D eigenvalue weighted by Crippen LogP contribution is 2.22. The molecule has 0 radical (unpaired) electrons. The quantitative estimate of drug-likeness (QED) is 0.521. The maximum Gasteiger partial charge on any atom is 0.216 e. The van der Waals surface area contributed by atoms with E-state index in [9.17, 15) is 0 Å². The van der Waals surface area contributed by atoms with Gasteiger partial charge in [0, 0.05) is 5.56 Å². The van der Waals surface area contributed by atoms with Crippen LogP contribution < -0.4 is 4.74 Å². The molecule has 0 unspecified atom stereocenters. The lowest BCUT2D eigenvalue weighted by Crippen LogP contribution is -1.96. The number of allylic oxidation sites excluding steroid dienone is 1. The fraction of sp³-hybridized carbons (Fsp3) is 0.167. The smallest absolute Gasteiger partial charge is 0.216 e. The van der Waals surface area contributed by atoms with Crippen LogP contribution in [0.2, 0.25) is 0 Å². The minimum Gasteiger partial charge on any atom is -0.494 e. The Morgan fingerprint density at radius 1 is 1.40 bits per heavy atom. The monoisotopic (exact) mass is 354 g/mol. The Hall–Kier alpha value is -2.93. The van der Waals surface area contributed by atoms with E-state index in [4.69, 9.17) is 21.4 Å². The summed E-state index contributed by atoms with van der Waals surface area (Å²) in [6, 6.07) is 11.4. The number of rotatable bonds is 6. The van der Waals surface area contributed by atoms with Gasteiger partial charge in [0.15, 0.2) is 5.82 Å². The third-order valence-corrected chi connectivity index (χ3v) is 3.61.